The van der Waals surface area contributed by atoms with Crippen LogP contribution in [0.1, 0.15) is 35.5 Å². The van der Waals surface area contributed by atoms with Crippen molar-refractivity contribution in [3.05, 3.63) is 97.8 Å². The predicted molar refractivity (Wildman–Crippen MR) is 136 cm³/mol. The molecule has 12 heteroatoms. The van der Waals surface area contributed by atoms with E-state index >= 15 is 0 Å². The first-order chi connectivity index (χ1) is 17.4. The Labute approximate surface area is 211 Å². The van der Waals surface area contributed by atoms with Gasteiger partial charge >= 0.3 is 0 Å². The summed E-state index contributed by atoms with van der Waals surface area (Å²) in [4.78, 5) is 39.6. The van der Waals surface area contributed by atoms with E-state index in [1.807, 2.05) is 4.72 Å². The summed E-state index contributed by atoms with van der Waals surface area (Å²) in [6.45, 7) is 4.26. The molecule has 0 saturated carbocycles. The third kappa shape index (κ3) is 4.87. The zero-order valence-electron chi connectivity index (χ0n) is 20.1. The van der Waals surface area contributed by atoms with E-state index in [0.717, 1.165) is 23.8 Å². The Morgan fingerprint density at radius 1 is 1.19 bits per heavy atom. The van der Waals surface area contributed by atoms with Crippen molar-refractivity contribution in [3.8, 4) is 11.1 Å². The minimum atomic E-state index is -4.08. The highest BCUT2D eigenvalue weighted by Crippen LogP contribution is 2.35. The minimum Gasteiger partial charge on any atom is -0.331 e. The first-order valence-corrected chi connectivity index (χ1v) is 12.7. The fourth-order valence-corrected chi connectivity index (χ4v) is 4.61. The molecule has 0 unspecified atom stereocenters. The molecule has 1 amide bonds. The molecule has 2 heterocycles. The number of non-ortho nitro benzene ring substituents is 1. The van der Waals surface area contributed by atoms with Crippen LogP contribution in [0.3, 0.4) is 0 Å². The van der Waals surface area contributed by atoms with Crippen LogP contribution < -0.4 is 10.3 Å². The van der Waals surface area contributed by atoms with Crippen LogP contribution in [0.4, 0.5) is 10.1 Å². The van der Waals surface area contributed by atoms with Crippen molar-refractivity contribution < 1.29 is 22.5 Å². The Morgan fingerprint density at radius 3 is 2.57 bits per heavy atom. The number of sulfonamides is 1. The Morgan fingerprint density at radius 2 is 1.92 bits per heavy atom. The highest BCUT2D eigenvalue weighted by atomic mass is 32.2. The van der Waals surface area contributed by atoms with Gasteiger partial charge in [0.1, 0.15) is 11.5 Å². The summed E-state index contributed by atoms with van der Waals surface area (Å²) in [5.41, 5.74) is 0.283. The number of carbonyl (C=O) groups excluding carboxylic acids is 1. The number of nitrogens with one attached hydrogen (secondary N) is 2. The molecule has 0 fully saturated rings. The van der Waals surface area contributed by atoms with Gasteiger partial charge in [0.15, 0.2) is 0 Å². The predicted octanol–water partition coefficient (Wildman–Crippen LogP) is 3.87. The number of aromatic nitrogens is 2. The van der Waals surface area contributed by atoms with E-state index in [-0.39, 0.29) is 34.6 Å². The Kier molecular flexibility index (Phi) is 6.70. The van der Waals surface area contributed by atoms with Crippen LogP contribution in [0.25, 0.3) is 22.0 Å². The van der Waals surface area contributed by atoms with Gasteiger partial charge in [-0.2, -0.15) is 0 Å². The van der Waals surface area contributed by atoms with Gasteiger partial charge in [-0.1, -0.05) is 11.6 Å². The number of nitro benzene ring substituents is 1. The number of halogens is 1. The summed E-state index contributed by atoms with van der Waals surface area (Å²) in [5, 5.41) is 10.8. The summed E-state index contributed by atoms with van der Waals surface area (Å²) in [6.07, 6.45) is 1.41. The molecule has 0 aliphatic carbocycles. The van der Waals surface area contributed by atoms with Gasteiger partial charge < -0.3 is 9.55 Å². The van der Waals surface area contributed by atoms with E-state index in [1.165, 1.54) is 30.7 Å². The maximum absolute atomic E-state index is 14.8. The highest BCUT2D eigenvalue weighted by Gasteiger charge is 2.29. The third-order valence-electron chi connectivity index (χ3n) is 5.95. The maximum Gasteiger partial charge on any atom is 0.282 e. The number of hydrogen-bond acceptors (Lipinski definition) is 6. The smallest absolute Gasteiger partial charge is 0.282 e. The molecule has 0 spiro atoms. The normalized spacial score (nSPS) is 11.7. The lowest BCUT2D eigenvalue weighted by atomic mass is 10.0. The van der Waals surface area contributed by atoms with Crippen LogP contribution in [-0.2, 0) is 16.6 Å². The minimum absolute atomic E-state index is 0.0963. The SMILES string of the molecule is Cc1ccc2c(c1)c(-c1ccc[nH]c1=O)c(C(=O)NS(=O)(=O)C(C)C)n2Cc1cc([N+](=O)[O-])ccc1F. The Balaban J connectivity index is 2.07. The third-order valence-corrected chi connectivity index (χ3v) is 7.66. The average Bonchev–Trinajstić information content (AvgIpc) is 3.13. The number of nitrogens with zero attached hydrogens (tertiary/aromatic N) is 2. The highest BCUT2D eigenvalue weighted by molar-refractivity contribution is 7.90. The van der Waals surface area contributed by atoms with Gasteiger partial charge in [0.05, 0.1) is 16.7 Å². The fourth-order valence-electron chi connectivity index (χ4n) is 4.02. The second-order valence-corrected chi connectivity index (χ2v) is 11.0. The van der Waals surface area contributed by atoms with Crippen LogP contribution in [0.2, 0.25) is 0 Å². The summed E-state index contributed by atoms with van der Waals surface area (Å²) in [5.74, 6) is -1.77. The number of aryl methyl sites for hydroxylation is 1. The molecule has 10 nitrogen and oxygen atoms in total. The molecule has 2 N–H and O–H groups in total. The van der Waals surface area contributed by atoms with Crippen LogP contribution in [0.5, 0.6) is 0 Å². The molecule has 4 aromatic rings. The number of H-pyrrole nitrogens is 1. The lowest BCUT2D eigenvalue weighted by molar-refractivity contribution is -0.385. The van der Waals surface area contributed by atoms with Gasteiger partial charge in [-0.15, -0.1) is 0 Å². The number of fused-ring (bicyclic) bond motifs is 1. The van der Waals surface area contributed by atoms with Crippen molar-refractivity contribution in [2.24, 2.45) is 0 Å². The molecule has 0 aliphatic heterocycles. The van der Waals surface area contributed by atoms with Crippen molar-refractivity contribution in [1.29, 1.82) is 0 Å². The molecule has 0 saturated heterocycles. The van der Waals surface area contributed by atoms with Crippen molar-refractivity contribution >= 4 is 32.5 Å². The molecule has 0 bridgehead atoms. The van der Waals surface area contributed by atoms with Crippen LogP contribution in [-0.4, -0.2) is 34.0 Å². The molecule has 37 heavy (non-hydrogen) atoms. The van der Waals surface area contributed by atoms with Gasteiger partial charge in [0.25, 0.3) is 17.2 Å². The number of hydrogen-bond donors (Lipinski definition) is 2. The Bertz CT molecular complexity index is 1720. The van der Waals surface area contributed by atoms with Crippen molar-refractivity contribution in [2.45, 2.75) is 32.6 Å². The monoisotopic (exact) mass is 526 g/mol. The first kappa shape index (κ1) is 25.8. The molecule has 4 rings (SSSR count). The largest absolute Gasteiger partial charge is 0.331 e. The quantitative estimate of drug-likeness (QED) is 0.276. The van der Waals surface area contributed by atoms with E-state index < -0.39 is 37.5 Å². The van der Waals surface area contributed by atoms with Gasteiger partial charge in [-0.25, -0.2) is 17.5 Å². The van der Waals surface area contributed by atoms with Gasteiger partial charge in [-0.3, -0.25) is 19.7 Å². The number of carbonyl (C=O) groups is 1. The average molecular weight is 527 g/mol. The molecule has 2 aromatic carbocycles. The van der Waals surface area contributed by atoms with Crippen LogP contribution in [0.15, 0.2) is 59.5 Å². The van der Waals surface area contributed by atoms with Crippen molar-refractivity contribution in [3.63, 3.8) is 0 Å². The number of rotatable bonds is 7. The molecule has 192 valence electrons. The summed E-state index contributed by atoms with van der Waals surface area (Å²) < 4.78 is 43.4. The second kappa shape index (κ2) is 9.62. The fraction of sp³-hybridized carbons (Fsp3) is 0.200. The van der Waals surface area contributed by atoms with Crippen LogP contribution in [0, 0.1) is 22.9 Å². The molecule has 2 aromatic heterocycles. The van der Waals surface area contributed by atoms with E-state index in [4.69, 9.17) is 0 Å². The van der Waals surface area contributed by atoms with E-state index in [9.17, 15) is 32.5 Å². The maximum atomic E-state index is 14.8. The number of benzene rings is 2. The molecular weight excluding hydrogens is 503 g/mol. The number of nitro groups is 1. The topological polar surface area (TPSA) is 144 Å². The molecule has 0 aliphatic rings. The number of pyridine rings is 1. The summed E-state index contributed by atoms with van der Waals surface area (Å²) in [7, 11) is -4.08. The number of aromatic amines is 1. The molecule has 0 atom stereocenters. The zero-order valence-corrected chi connectivity index (χ0v) is 20.9. The zero-order chi connectivity index (χ0) is 27.1. The summed E-state index contributed by atoms with van der Waals surface area (Å²) >= 11 is 0. The van der Waals surface area contributed by atoms with Crippen molar-refractivity contribution in [2.75, 3.05) is 0 Å². The van der Waals surface area contributed by atoms with E-state index in [1.54, 1.807) is 31.2 Å². The first-order valence-electron chi connectivity index (χ1n) is 11.2. The Hall–Kier alpha value is -4.32. The summed E-state index contributed by atoms with van der Waals surface area (Å²) in [6, 6.07) is 11.2. The molecule has 0 radical (unpaired) electrons. The lowest BCUT2D eigenvalue weighted by Crippen LogP contribution is -2.37. The standard InChI is InChI=1S/C25H23FN4O6S/c1-14(2)37(35,36)28-25(32)23-22(18-5-4-10-27-24(18)31)19-11-15(3)6-9-21(19)29(23)13-16-12-17(30(33)34)7-8-20(16)26/h4-12,14H,13H2,1-3H3,(H,27,31)(H,28,32). The number of amides is 1. The lowest BCUT2D eigenvalue weighted by Gasteiger charge is -2.15. The van der Waals surface area contributed by atoms with E-state index in [0.29, 0.717) is 10.9 Å². The van der Waals surface area contributed by atoms with Crippen LogP contribution >= 0.6 is 0 Å². The van der Waals surface area contributed by atoms with E-state index in [2.05, 4.69) is 4.98 Å². The molecular formula is C25H23FN4O6S. The van der Waals surface area contributed by atoms with Gasteiger partial charge in [0, 0.05) is 45.9 Å². The van der Waals surface area contributed by atoms with Gasteiger partial charge in [0.2, 0.25) is 10.0 Å². The van der Waals surface area contributed by atoms with Gasteiger partial charge in [-0.05, 0) is 51.1 Å². The van der Waals surface area contributed by atoms with Crippen molar-refractivity contribution in [1.82, 2.24) is 14.3 Å². The second-order valence-electron chi connectivity index (χ2n) is 8.80.